The lowest BCUT2D eigenvalue weighted by Crippen LogP contribution is -2.18. The van der Waals surface area contributed by atoms with E-state index in [1.54, 1.807) is 18.2 Å². The SMILES string of the molecule is CNC(=O)c1cccc(NC(=O)c2cc(F)cnc2Cl)c1. The number of nitrogens with one attached hydrogen (secondary N) is 2. The molecule has 0 atom stereocenters. The standard InChI is InChI=1S/C14H11ClFN3O2/c1-17-13(20)8-3-2-4-10(5-8)19-14(21)11-6-9(16)7-18-12(11)15/h2-7H,1H3,(H,17,20)(H,19,21). The molecule has 21 heavy (non-hydrogen) atoms. The summed E-state index contributed by atoms with van der Waals surface area (Å²) >= 11 is 5.76. The van der Waals surface area contributed by atoms with Gasteiger partial charge < -0.3 is 10.6 Å². The number of amides is 2. The fourth-order valence-electron chi connectivity index (χ4n) is 1.66. The van der Waals surface area contributed by atoms with Crippen molar-refractivity contribution in [3.8, 4) is 0 Å². The van der Waals surface area contributed by atoms with Crippen molar-refractivity contribution in [2.45, 2.75) is 0 Å². The van der Waals surface area contributed by atoms with Crippen LogP contribution < -0.4 is 10.6 Å². The van der Waals surface area contributed by atoms with Crippen molar-refractivity contribution < 1.29 is 14.0 Å². The third-order valence-electron chi connectivity index (χ3n) is 2.66. The van der Waals surface area contributed by atoms with Crippen LogP contribution in [0.15, 0.2) is 36.5 Å². The molecule has 2 rings (SSSR count). The summed E-state index contributed by atoms with van der Waals surface area (Å²) in [5, 5.41) is 4.91. The molecule has 2 N–H and O–H groups in total. The average Bonchev–Trinajstić information content (AvgIpc) is 2.49. The van der Waals surface area contributed by atoms with E-state index >= 15 is 0 Å². The number of hydrogen-bond donors (Lipinski definition) is 2. The fraction of sp³-hybridized carbons (Fsp3) is 0.0714. The molecule has 7 heteroatoms. The Hall–Kier alpha value is -2.47. The van der Waals surface area contributed by atoms with Crippen molar-refractivity contribution in [1.29, 1.82) is 0 Å². The van der Waals surface area contributed by atoms with E-state index in [9.17, 15) is 14.0 Å². The minimum atomic E-state index is -0.663. The molecular formula is C14H11ClFN3O2. The Morgan fingerprint density at radius 2 is 2.00 bits per heavy atom. The number of pyridine rings is 1. The molecule has 2 amide bonds. The second-order valence-corrected chi connectivity index (χ2v) is 4.46. The van der Waals surface area contributed by atoms with Crippen molar-refractivity contribution in [2.24, 2.45) is 0 Å². The first-order valence-electron chi connectivity index (χ1n) is 5.96. The molecule has 0 spiro atoms. The van der Waals surface area contributed by atoms with Gasteiger partial charge in [0.1, 0.15) is 11.0 Å². The van der Waals surface area contributed by atoms with Crippen LogP contribution in [0, 0.1) is 5.82 Å². The summed E-state index contributed by atoms with van der Waals surface area (Å²) < 4.78 is 13.1. The van der Waals surface area contributed by atoms with Gasteiger partial charge in [-0.1, -0.05) is 17.7 Å². The molecule has 0 aliphatic carbocycles. The molecule has 0 saturated heterocycles. The molecule has 0 unspecified atom stereocenters. The van der Waals surface area contributed by atoms with E-state index in [2.05, 4.69) is 15.6 Å². The zero-order chi connectivity index (χ0) is 15.4. The zero-order valence-electron chi connectivity index (χ0n) is 11.0. The first kappa shape index (κ1) is 14.9. The molecule has 5 nitrogen and oxygen atoms in total. The molecule has 1 heterocycles. The number of anilines is 1. The maximum Gasteiger partial charge on any atom is 0.258 e. The van der Waals surface area contributed by atoms with Gasteiger partial charge in [-0.2, -0.15) is 0 Å². The van der Waals surface area contributed by atoms with Gasteiger partial charge in [-0.3, -0.25) is 9.59 Å². The van der Waals surface area contributed by atoms with E-state index in [1.807, 2.05) is 0 Å². The van der Waals surface area contributed by atoms with Crippen LogP contribution in [0.1, 0.15) is 20.7 Å². The van der Waals surface area contributed by atoms with E-state index in [1.165, 1.54) is 13.1 Å². The van der Waals surface area contributed by atoms with Gasteiger partial charge in [0.15, 0.2) is 0 Å². The van der Waals surface area contributed by atoms with E-state index in [4.69, 9.17) is 11.6 Å². The Kier molecular flexibility index (Phi) is 4.49. The van der Waals surface area contributed by atoms with Crippen molar-refractivity contribution in [1.82, 2.24) is 10.3 Å². The fourth-order valence-corrected chi connectivity index (χ4v) is 1.85. The number of carbonyl (C=O) groups excluding carboxylic acids is 2. The highest BCUT2D eigenvalue weighted by molar-refractivity contribution is 6.33. The third-order valence-corrected chi connectivity index (χ3v) is 2.96. The maximum absolute atomic E-state index is 13.1. The molecule has 0 saturated carbocycles. The molecule has 0 aliphatic heterocycles. The second kappa shape index (κ2) is 6.32. The topological polar surface area (TPSA) is 71.1 Å². The lowest BCUT2D eigenvalue weighted by Gasteiger charge is -2.08. The van der Waals surface area contributed by atoms with Crippen LogP contribution in [0.3, 0.4) is 0 Å². The van der Waals surface area contributed by atoms with E-state index in [0.29, 0.717) is 11.3 Å². The van der Waals surface area contributed by atoms with E-state index < -0.39 is 11.7 Å². The number of rotatable bonds is 3. The summed E-state index contributed by atoms with van der Waals surface area (Å²) in [6.07, 6.45) is 0.922. The summed E-state index contributed by atoms with van der Waals surface area (Å²) in [5.74, 6) is -1.55. The van der Waals surface area contributed by atoms with Crippen LogP contribution in [0.5, 0.6) is 0 Å². The van der Waals surface area contributed by atoms with Gasteiger partial charge in [-0.25, -0.2) is 9.37 Å². The number of halogens is 2. The van der Waals surface area contributed by atoms with Crippen molar-refractivity contribution in [2.75, 3.05) is 12.4 Å². The molecule has 2 aromatic rings. The Bertz CT molecular complexity index is 706. The molecule has 0 radical (unpaired) electrons. The number of carbonyl (C=O) groups is 2. The molecule has 1 aromatic carbocycles. The Balaban J connectivity index is 2.23. The first-order chi connectivity index (χ1) is 10.0. The molecule has 108 valence electrons. The lowest BCUT2D eigenvalue weighted by atomic mass is 10.2. The van der Waals surface area contributed by atoms with Gasteiger partial charge in [-0.05, 0) is 24.3 Å². The minimum absolute atomic E-state index is 0.0815. The van der Waals surface area contributed by atoms with E-state index in [-0.39, 0.29) is 16.6 Å². The summed E-state index contributed by atoms with van der Waals surface area (Å²) in [7, 11) is 1.51. The number of benzene rings is 1. The second-order valence-electron chi connectivity index (χ2n) is 4.11. The number of nitrogens with zero attached hydrogens (tertiary/aromatic N) is 1. The van der Waals surface area contributed by atoms with Crippen LogP contribution in [-0.2, 0) is 0 Å². The van der Waals surface area contributed by atoms with Crippen LogP contribution in [0.2, 0.25) is 5.15 Å². The maximum atomic E-state index is 13.1. The van der Waals surface area contributed by atoms with Gasteiger partial charge in [0.05, 0.1) is 11.8 Å². The summed E-state index contributed by atoms with van der Waals surface area (Å²) in [6.45, 7) is 0. The van der Waals surface area contributed by atoms with Crippen LogP contribution >= 0.6 is 11.6 Å². The lowest BCUT2D eigenvalue weighted by molar-refractivity contribution is 0.0961. The molecular weight excluding hydrogens is 297 g/mol. The van der Waals surface area contributed by atoms with Crippen LogP contribution in [0.25, 0.3) is 0 Å². The first-order valence-corrected chi connectivity index (χ1v) is 6.33. The van der Waals surface area contributed by atoms with Gasteiger partial charge in [0.25, 0.3) is 11.8 Å². The summed E-state index contributed by atoms with van der Waals surface area (Å²) in [6, 6.07) is 7.31. The molecule has 0 bridgehead atoms. The largest absolute Gasteiger partial charge is 0.355 e. The predicted octanol–water partition coefficient (Wildman–Crippen LogP) is 2.49. The van der Waals surface area contributed by atoms with Crippen molar-refractivity contribution in [3.63, 3.8) is 0 Å². The Labute approximate surface area is 125 Å². The quantitative estimate of drug-likeness (QED) is 0.856. The van der Waals surface area contributed by atoms with Gasteiger partial charge in [0, 0.05) is 18.3 Å². The third kappa shape index (κ3) is 3.55. The highest BCUT2D eigenvalue weighted by Gasteiger charge is 2.13. The van der Waals surface area contributed by atoms with Crippen molar-refractivity contribution >= 4 is 29.1 Å². The zero-order valence-corrected chi connectivity index (χ0v) is 11.7. The van der Waals surface area contributed by atoms with Gasteiger partial charge in [0.2, 0.25) is 0 Å². The Morgan fingerprint density at radius 1 is 1.24 bits per heavy atom. The highest BCUT2D eigenvalue weighted by atomic mass is 35.5. The average molecular weight is 308 g/mol. The van der Waals surface area contributed by atoms with E-state index in [0.717, 1.165) is 12.3 Å². The normalized spacial score (nSPS) is 10.0. The summed E-state index contributed by atoms with van der Waals surface area (Å²) in [5.41, 5.74) is 0.696. The van der Waals surface area contributed by atoms with Crippen molar-refractivity contribution in [3.05, 3.63) is 58.6 Å². The number of hydrogen-bond acceptors (Lipinski definition) is 3. The number of aromatic nitrogens is 1. The minimum Gasteiger partial charge on any atom is -0.355 e. The smallest absolute Gasteiger partial charge is 0.258 e. The van der Waals surface area contributed by atoms with Gasteiger partial charge in [-0.15, -0.1) is 0 Å². The molecule has 1 aromatic heterocycles. The summed E-state index contributed by atoms with van der Waals surface area (Å²) in [4.78, 5) is 27.1. The molecule has 0 aliphatic rings. The van der Waals surface area contributed by atoms with Gasteiger partial charge >= 0.3 is 0 Å². The molecule has 0 fully saturated rings. The predicted molar refractivity (Wildman–Crippen MR) is 77.0 cm³/mol. The van der Waals surface area contributed by atoms with Crippen LogP contribution in [-0.4, -0.2) is 23.8 Å². The van der Waals surface area contributed by atoms with Crippen LogP contribution in [0.4, 0.5) is 10.1 Å². The highest BCUT2D eigenvalue weighted by Crippen LogP contribution is 2.17. The Morgan fingerprint density at radius 3 is 2.71 bits per heavy atom. The monoisotopic (exact) mass is 307 g/mol.